The molecule has 11 rings (SSSR count). The number of phosphoric acid groups is 4. The molecule has 15 atom stereocenters. The summed E-state index contributed by atoms with van der Waals surface area (Å²) in [7, 11) is -23.9. The molecule has 0 aliphatic carbocycles. The molecule has 0 radical (unpaired) electrons. The molecule has 45 heteroatoms. The number of phosphoric ester groups is 2. The van der Waals surface area contributed by atoms with Gasteiger partial charge >= 0.3 is 54.0 Å². The van der Waals surface area contributed by atoms with Crippen LogP contribution in [0.5, 0.6) is 5.75 Å². The number of hydrogen-bond donors (Lipinski definition) is 14. The Labute approximate surface area is 588 Å². The number of halogens is 1. The highest BCUT2D eigenvalue weighted by Gasteiger charge is 2.74. The van der Waals surface area contributed by atoms with Crippen LogP contribution in [0.25, 0.3) is 21.8 Å². The zero-order valence-corrected chi connectivity index (χ0v) is 59.9. The lowest BCUT2D eigenvalue weighted by Crippen LogP contribution is -2.70. The fourth-order valence-corrected chi connectivity index (χ4v) is 18.2. The van der Waals surface area contributed by atoms with Crippen LogP contribution in [0, 0.1) is 27.7 Å². The minimum atomic E-state index is -6.46. The van der Waals surface area contributed by atoms with Crippen molar-refractivity contribution in [1.82, 2.24) is 43.2 Å². The molecule has 7 aromatic rings. The number of aliphatic hydroxyl groups is 3. The van der Waals surface area contributed by atoms with Gasteiger partial charge < -0.3 is 73.7 Å². The maximum Gasteiger partial charge on any atom is 0.490 e. The lowest BCUT2D eigenvalue weighted by molar-refractivity contribution is -0.272. The van der Waals surface area contributed by atoms with Gasteiger partial charge in [0.1, 0.15) is 53.6 Å². The van der Waals surface area contributed by atoms with Gasteiger partial charge in [-0.25, -0.2) is 42.4 Å². The molecule has 3 unspecified atom stereocenters. The molecule has 2 aromatic carbocycles. The second-order valence-corrected chi connectivity index (χ2v) is 31.9. The Bertz CT molecular complexity index is 5210. The molecule has 0 bridgehead atoms. The van der Waals surface area contributed by atoms with Crippen molar-refractivity contribution in [1.29, 1.82) is 0 Å². The topological polar surface area (TPSA) is 578 Å². The average Bonchev–Trinajstić information content (AvgIpc) is 1.49. The summed E-state index contributed by atoms with van der Waals surface area (Å²) >= 11 is 6.42. The number of nitrogens with zero attached hydrogens (tertiary/aromatic N) is 5. The molecule has 566 valence electrons. The van der Waals surface area contributed by atoms with Gasteiger partial charge in [0.2, 0.25) is 0 Å². The molecule has 9 heterocycles. The van der Waals surface area contributed by atoms with E-state index in [0.717, 1.165) is 38.5 Å². The number of anilines is 1. The standard InChI is InChI=1S/C59H73ClN10O30P4/c1-28-24-67(53(77)63-49(28)73)44-17-38(71)41(93-44)20-58(98-101(82,83)84,21-43-40(97-103(88,89)100-104(90,91)99-102(85,86)87)19-46(95-43)69-26-30(3)51(75)65-55(69)79)59(22-42-39(72)18-45(94-42)68-25-29(2)50(74)64-54(68)78)57(81,23-47(96-59)70-27-31(4)52(76)66-56(70)80)13-7-6-8-14-61-48-34-11-9-32(60)15-37(34)62-36-12-10-33(92-5)16-35(36)48/h9-12,15-16,24-27,38-47,71-72,81H,6-8,13-14,17-23H2,1-5H3,(H,61,62)(H,88,89)(H,90,91)(H,63,73,77)(H,64,74,78)(H,65,75,79)(H,66,76,80)(H2,82,83,84)(H2,85,86,87)/t38-,39-,40-,41+,42+,43+,44+,45+,46+,47+,57-,58?,59-/m0/s1. The van der Waals surface area contributed by atoms with Gasteiger partial charge in [-0.1, -0.05) is 24.4 Å². The van der Waals surface area contributed by atoms with E-state index in [2.05, 4.69) is 28.9 Å². The van der Waals surface area contributed by atoms with E-state index >= 15 is 0 Å². The fourth-order valence-electron chi connectivity index (χ4n) is 14.1. The summed E-state index contributed by atoms with van der Waals surface area (Å²) in [6.07, 6.45) is -22.8. The zero-order chi connectivity index (χ0) is 75.7. The van der Waals surface area contributed by atoms with Gasteiger partial charge in [-0.15, -0.1) is 0 Å². The Morgan fingerprint density at radius 2 is 1.11 bits per heavy atom. The Balaban J connectivity index is 1.11. The van der Waals surface area contributed by atoms with Crippen molar-refractivity contribution in [3.8, 4) is 5.75 Å². The van der Waals surface area contributed by atoms with E-state index in [9.17, 15) is 101 Å². The van der Waals surface area contributed by atoms with Crippen molar-refractivity contribution >= 4 is 70.4 Å². The molecule has 0 saturated carbocycles. The predicted molar refractivity (Wildman–Crippen MR) is 360 cm³/mol. The number of aromatic nitrogens is 9. The van der Waals surface area contributed by atoms with Crippen molar-refractivity contribution in [2.45, 2.75) is 177 Å². The third-order valence-corrected chi connectivity index (χ3v) is 23.5. The molecule has 4 saturated heterocycles. The van der Waals surface area contributed by atoms with Crippen LogP contribution in [0.1, 0.15) is 118 Å². The van der Waals surface area contributed by atoms with E-state index < -0.39 is 206 Å². The van der Waals surface area contributed by atoms with Crippen molar-refractivity contribution < 1.29 is 104 Å². The first-order valence-electron chi connectivity index (χ1n) is 32.0. The summed E-state index contributed by atoms with van der Waals surface area (Å²) in [5.41, 5.74) is -16.4. The summed E-state index contributed by atoms with van der Waals surface area (Å²) in [5, 5.41) is 44.6. The summed E-state index contributed by atoms with van der Waals surface area (Å²) < 4.78 is 109. The zero-order valence-electron chi connectivity index (χ0n) is 55.5. The van der Waals surface area contributed by atoms with E-state index in [1.165, 1.54) is 34.8 Å². The van der Waals surface area contributed by atoms with Crippen LogP contribution in [-0.4, -0.2) is 155 Å². The number of hydrogen-bond acceptors (Lipinski definition) is 26. The van der Waals surface area contributed by atoms with E-state index in [-0.39, 0.29) is 48.1 Å². The maximum atomic E-state index is 14.6. The fraction of sp³-hybridized carbons (Fsp3) is 0.508. The quantitative estimate of drug-likeness (QED) is 0.0199. The molecular weight excluding hydrogens is 1490 g/mol. The number of methoxy groups -OCH3 is 1. The monoisotopic (exact) mass is 1560 g/mol. The van der Waals surface area contributed by atoms with Crippen LogP contribution >= 0.6 is 42.9 Å². The van der Waals surface area contributed by atoms with Crippen molar-refractivity contribution in [2.24, 2.45) is 0 Å². The number of unbranched alkanes of at least 4 members (excludes halogenated alkanes) is 2. The Kier molecular flexibility index (Phi) is 22.2. The largest absolute Gasteiger partial charge is 0.497 e. The van der Waals surface area contributed by atoms with Gasteiger partial charge in [0.15, 0.2) is 0 Å². The number of rotatable bonds is 27. The van der Waals surface area contributed by atoms with Gasteiger partial charge in [-0.2, -0.15) is 8.62 Å². The Hall–Kier alpha value is -7.04. The highest BCUT2D eigenvalue weighted by molar-refractivity contribution is 7.66. The number of nitrogens with one attached hydrogen (secondary N) is 5. The average molecular weight is 1560 g/mol. The first kappa shape index (κ1) is 78.0. The first-order chi connectivity index (χ1) is 48.6. The highest BCUT2D eigenvalue weighted by atomic mass is 35.5. The number of aryl methyl sites for hydroxylation is 4. The van der Waals surface area contributed by atoms with Crippen molar-refractivity contribution in [3.63, 3.8) is 0 Å². The van der Waals surface area contributed by atoms with Gasteiger partial charge in [0.25, 0.3) is 22.2 Å². The molecule has 0 spiro atoms. The van der Waals surface area contributed by atoms with Crippen LogP contribution < -0.4 is 55.0 Å². The van der Waals surface area contributed by atoms with Crippen molar-refractivity contribution in [3.05, 3.63) is 172 Å². The van der Waals surface area contributed by atoms with Crippen molar-refractivity contribution in [2.75, 3.05) is 19.0 Å². The third kappa shape index (κ3) is 16.6. The number of H-pyrrole nitrogens is 4. The molecule has 4 fully saturated rings. The van der Waals surface area contributed by atoms with E-state index in [1.807, 2.05) is 4.98 Å². The third-order valence-electron chi connectivity index (χ3n) is 18.8. The van der Waals surface area contributed by atoms with Crippen LogP contribution in [0.15, 0.2) is 99.5 Å². The van der Waals surface area contributed by atoms with E-state index in [0.29, 0.717) is 42.8 Å². The number of pyridine rings is 1. The van der Waals surface area contributed by atoms with Gasteiger partial charge in [-0.3, -0.25) is 66.4 Å². The molecular formula is C59H73ClN10O30P4. The lowest BCUT2D eigenvalue weighted by atomic mass is 9.62. The molecule has 104 heavy (non-hydrogen) atoms. The van der Waals surface area contributed by atoms with Gasteiger partial charge in [0, 0.05) is 114 Å². The molecule has 4 aliphatic heterocycles. The molecule has 40 nitrogen and oxygen atoms in total. The number of fused-ring (bicyclic) bond motifs is 2. The number of aliphatic hydroxyl groups excluding tert-OH is 2. The van der Waals surface area contributed by atoms with Crippen LogP contribution in [0.3, 0.4) is 0 Å². The molecule has 0 amide bonds. The maximum absolute atomic E-state index is 14.6. The lowest BCUT2D eigenvalue weighted by Gasteiger charge is -2.55. The Morgan fingerprint density at radius 3 is 1.63 bits per heavy atom. The van der Waals surface area contributed by atoms with E-state index in [4.69, 9.17) is 49.3 Å². The predicted octanol–water partition coefficient (Wildman–Crippen LogP) is 2.16. The summed E-state index contributed by atoms with van der Waals surface area (Å²) in [6.45, 7) is 5.33. The summed E-state index contributed by atoms with van der Waals surface area (Å²) in [4.78, 5) is 184. The van der Waals surface area contributed by atoms with Crippen LogP contribution in [0.4, 0.5) is 5.69 Å². The first-order valence-corrected chi connectivity index (χ1v) is 38.4. The second kappa shape index (κ2) is 29.6. The number of ether oxygens (including phenoxy) is 5. The normalized spacial score (nSPS) is 27.0. The Morgan fingerprint density at radius 1 is 0.606 bits per heavy atom. The molecule has 4 aliphatic rings. The smallest absolute Gasteiger partial charge is 0.490 e. The molecule has 14 N–H and O–H groups in total. The molecule has 5 aromatic heterocycles. The van der Waals surface area contributed by atoms with Crippen LogP contribution in [-0.2, 0) is 54.9 Å². The summed E-state index contributed by atoms with van der Waals surface area (Å²) in [6, 6.07) is 10.3. The minimum absolute atomic E-state index is 0.0370. The SMILES string of the molecule is COc1ccc2nc3cc(Cl)ccc3c(NCCCCC[C@]3(O)C[C@H](n4cc(C)c(=O)[nH]c4=O)O[C@]3(C[C@H]3O[C@@H](n4cc(C)c(=O)[nH]c4=O)C[C@@H]3O)C(C[C@H]3O[C@@H](n4cc(C)c(=O)[nH]c4=O)C[C@@H]3OP(=O)(O)OP(=O)(O)OP(=O)(O)O)(C[C@H]3O[C@@H](n4cc(C)c(=O)[nH]c4=O)C[C@@H]3O)OP(=O)(O)O)c2c1. The minimum Gasteiger partial charge on any atom is -0.497 e. The van der Waals surface area contributed by atoms with Gasteiger partial charge in [0.05, 0.1) is 54.4 Å². The second-order valence-electron chi connectivity index (χ2n) is 26.0. The van der Waals surface area contributed by atoms with Crippen LogP contribution in [0.2, 0.25) is 5.02 Å². The number of benzene rings is 2. The van der Waals surface area contributed by atoms with Gasteiger partial charge in [-0.05, 0) is 76.9 Å². The number of aromatic amines is 4. The summed E-state index contributed by atoms with van der Waals surface area (Å²) in [5.74, 6) is 0.496. The highest BCUT2D eigenvalue weighted by Crippen LogP contribution is 2.68. The van der Waals surface area contributed by atoms with E-state index in [1.54, 1.807) is 36.4 Å².